The third-order valence-corrected chi connectivity index (χ3v) is 2.77. The molecule has 0 rings (SSSR count). The van der Waals surface area contributed by atoms with E-state index < -0.39 is 0 Å². The van der Waals surface area contributed by atoms with Crippen molar-refractivity contribution in [2.45, 2.75) is 52.6 Å². The molecule has 0 aliphatic rings. The van der Waals surface area contributed by atoms with Crippen molar-refractivity contribution in [2.75, 3.05) is 13.2 Å². The average molecular weight is 188 g/mol. The van der Waals surface area contributed by atoms with Crippen LogP contribution in [0.3, 0.4) is 0 Å². The maximum atomic E-state index is 8.71. The van der Waals surface area contributed by atoms with Crippen LogP contribution in [0.15, 0.2) is 0 Å². The number of rotatable bonds is 7. The van der Waals surface area contributed by atoms with Gasteiger partial charge in [-0.05, 0) is 19.3 Å². The van der Waals surface area contributed by atoms with Crippen molar-refractivity contribution in [3.05, 3.63) is 0 Å². The number of hydrogen-bond donors (Lipinski definition) is 1. The molecule has 0 spiro atoms. The Morgan fingerprint density at radius 1 is 1.38 bits per heavy atom. The van der Waals surface area contributed by atoms with E-state index in [2.05, 4.69) is 27.7 Å². The smallest absolute Gasteiger partial charge is 0.0705 e. The van der Waals surface area contributed by atoms with Crippen molar-refractivity contribution in [1.29, 1.82) is 0 Å². The molecule has 0 amide bonds. The monoisotopic (exact) mass is 188 g/mol. The first-order valence-corrected chi connectivity index (χ1v) is 5.31. The molecule has 0 bridgehead atoms. The first kappa shape index (κ1) is 12.9. The highest BCUT2D eigenvalue weighted by molar-refractivity contribution is 4.78. The third-order valence-electron chi connectivity index (χ3n) is 2.77. The van der Waals surface area contributed by atoms with Crippen molar-refractivity contribution in [3.8, 4) is 0 Å². The van der Waals surface area contributed by atoms with Gasteiger partial charge in [0.1, 0.15) is 0 Å². The quantitative estimate of drug-likeness (QED) is 0.665. The Balaban J connectivity index is 4.00. The van der Waals surface area contributed by atoms with E-state index in [1.807, 2.05) is 0 Å². The van der Waals surface area contributed by atoms with Gasteiger partial charge in [-0.3, -0.25) is 0 Å². The first-order valence-electron chi connectivity index (χ1n) is 5.31. The molecule has 1 unspecified atom stereocenters. The third kappa shape index (κ3) is 4.63. The minimum absolute atomic E-state index is 0.0568. The summed E-state index contributed by atoms with van der Waals surface area (Å²) < 4.78 is 5.69. The summed E-state index contributed by atoms with van der Waals surface area (Å²) in [5.41, 5.74) is -0.0568. The molecule has 0 aliphatic heterocycles. The molecule has 0 radical (unpaired) electrons. The molecule has 0 saturated heterocycles. The van der Waals surface area contributed by atoms with Gasteiger partial charge in [-0.1, -0.05) is 33.6 Å². The van der Waals surface area contributed by atoms with Crippen molar-refractivity contribution in [2.24, 2.45) is 5.92 Å². The molecular weight excluding hydrogens is 164 g/mol. The maximum Gasteiger partial charge on any atom is 0.0705 e. The minimum Gasteiger partial charge on any atom is -0.394 e. The van der Waals surface area contributed by atoms with Crippen LogP contribution in [0.25, 0.3) is 0 Å². The molecule has 2 heteroatoms. The number of ether oxygens (including phenoxy) is 1. The normalized spacial score (nSPS) is 16.2. The second-order valence-electron chi connectivity index (χ2n) is 4.14. The SMILES string of the molecule is CCCCC(C)(OCCO)C(C)C. The Labute approximate surface area is 82.3 Å². The van der Waals surface area contributed by atoms with E-state index in [9.17, 15) is 0 Å². The van der Waals surface area contributed by atoms with E-state index in [4.69, 9.17) is 9.84 Å². The van der Waals surface area contributed by atoms with Crippen LogP contribution in [-0.4, -0.2) is 23.9 Å². The summed E-state index contributed by atoms with van der Waals surface area (Å²) in [6.07, 6.45) is 3.48. The van der Waals surface area contributed by atoms with E-state index >= 15 is 0 Å². The minimum atomic E-state index is -0.0568. The van der Waals surface area contributed by atoms with Crippen LogP contribution in [0.1, 0.15) is 47.0 Å². The summed E-state index contributed by atoms with van der Waals surface area (Å²) in [6, 6.07) is 0. The number of hydrogen-bond acceptors (Lipinski definition) is 2. The van der Waals surface area contributed by atoms with Gasteiger partial charge in [0, 0.05) is 0 Å². The summed E-state index contributed by atoms with van der Waals surface area (Å²) in [4.78, 5) is 0. The summed E-state index contributed by atoms with van der Waals surface area (Å²) in [5.74, 6) is 0.505. The molecule has 1 atom stereocenters. The summed E-state index contributed by atoms with van der Waals surface area (Å²) in [7, 11) is 0. The predicted molar refractivity (Wildman–Crippen MR) is 55.8 cm³/mol. The van der Waals surface area contributed by atoms with E-state index in [1.165, 1.54) is 12.8 Å². The highest BCUT2D eigenvalue weighted by Crippen LogP contribution is 2.27. The van der Waals surface area contributed by atoms with Gasteiger partial charge in [0.05, 0.1) is 18.8 Å². The van der Waals surface area contributed by atoms with Crippen LogP contribution in [-0.2, 0) is 4.74 Å². The molecule has 1 N–H and O–H groups in total. The Morgan fingerprint density at radius 2 is 2.00 bits per heavy atom. The zero-order chi connectivity index (χ0) is 10.3. The second kappa shape index (κ2) is 6.39. The standard InChI is InChI=1S/C11H24O2/c1-5-6-7-11(4,10(2)3)13-9-8-12/h10,12H,5-9H2,1-4H3. The second-order valence-corrected chi connectivity index (χ2v) is 4.14. The van der Waals surface area contributed by atoms with Crippen LogP contribution in [0.4, 0.5) is 0 Å². The molecule has 2 nitrogen and oxygen atoms in total. The largest absolute Gasteiger partial charge is 0.394 e. The van der Waals surface area contributed by atoms with Crippen molar-refractivity contribution in [1.82, 2.24) is 0 Å². The lowest BCUT2D eigenvalue weighted by atomic mass is 9.87. The number of aliphatic hydroxyl groups is 1. The van der Waals surface area contributed by atoms with E-state index in [0.29, 0.717) is 12.5 Å². The van der Waals surface area contributed by atoms with Crippen LogP contribution in [0.2, 0.25) is 0 Å². The fourth-order valence-corrected chi connectivity index (χ4v) is 1.33. The van der Waals surface area contributed by atoms with Gasteiger partial charge >= 0.3 is 0 Å². The topological polar surface area (TPSA) is 29.5 Å². The summed E-state index contributed by atoms with van der Waals surface area (Å²) in [5, 5.41) is 8.71. The van der Waals surface area contributed by atoms with Crippen LogP contribution in [0, 0.1) is 5.92 Å². The van der Waals surface area contributed by atoms with Crippen molar-refractivity contribution in [3.63, 3.8) is 0 Å². The van der Waals surface area contributed by atoms with Crippen molar-refractivity contribution < 1.29 is 9.84 Å². The van der Waals surface area contributed by atoms with Crippen LogP contribution in [0.5, 0.6) is 0 Å². The molecule has 13 heavy (non-hydrogen) atoms. The van der Waals surface area contributed by atoms with Gasteiger partial charge in [0.15, 0.2) is 0 Å². The Kier molecular flexibility index (Phi) is 6.35. The maximum absolute atomic E-state index is 8.71. The van der Waals surface area contributed by atoms with Crippen LogP contribution >= 0.6 is 0 Å². The van der Waals surface area contributed by atoms with E-state index in [-0.39, 0.29) is 12.2 Å². The van der Waals surface area contributed by atoms with Gasteiger partial charge in [0.25, 0.3) is 0 Å². The van der Waals surface area contributed by atoms with Gasteiger partial charge < -0.3 is 9.84 Å². The molecule has 0 aromatic rings. The first-order chi connectivity index (χ1) is 6.06. The molecular formula is C11H24O2. The lowest BCUT2D eigenvalue weighted by Crippen LogP contribution is -2.35. The van der Waals surface area contributed by atoms with E-state index in [0.717, 1.165) is 6.42 Å². The Bertz CT molecular complexity index is 113. The molecule has 0 aromatic heterocycles. The lowest BCUT2D eigenvalue weighted by molar-refractivity contribution is -0.0814. The Morgan fingerprint density at radius 3 is 2.38 bits per heavy atom. The zero-order valence-corrected chi connectivity index (χ0v) is 9.47. The fourth-order valence-electron chi connectivity index (χ4n) is 1.33. The van der Waals surface area contributed by atoms with Gasteiger partial charge in [0.2, 0.25) is 0 Å². The molecule has 0 saturated carbocycles. The highest BCUT2D eigenvalue weighted by atomic mass is 16.5. The fraction of sp³-hybridized carbons (Fsp3) is 1.00. The van der Waals surface area contributed by atoms with Crippen LogP contribution < -0.4 is 0 Å². The Hall–Kier alpha value is -0.0800. The number of unbranched alkanes of at least 4 members (excludes halogenated alkanes) is 1. The predicted octanol–water partition coefficient (Wildman–Crippen LogP) is 2.60. The molecule has 80 valence electrons. The highest BCUT2D eigenvalue weighted by Gasteiger charge is 2.27. The zero-order valence-electron chi connectivity index (χ0n) is 9.47. The van der Waals surface area contributed by atoms with Crippen molar-refractivity contribution >= 4 is 0 Å². The number of aliphatic hydroxyl groups excluding tert-OH is 1. The van der Waals surface area contributed by atoms with Gasteiger partial charge in [-0.25, -0.2) is 0 Å². The molecule has 0 aromatic carbocycles. The molecule has 0 aliphatic carbocycles. The molecule has 0 heterocycles. The van der Waals surface area contributed by atoms with Gasteiger partial charge in [-0.15, -0.1) is 0 Å². The lowest BCUT2D eigenvalue weighted by Gasteiger charge is -2.33. The van der Waals surface area contributed by atoms with E-state index in [1.54, 1.807) is 0 Å². The molecule has 0 fully saturated rings. The summed E-state index contributed by atoms with van der Waals surface area (Å²) >= 11 is 0. The summed E-state index contributed by atoms with van der Waals surface area (Å²) in [6.45, 7) is 9.25. The average Bonchev–Trinajstić information content (AvgIpc) is 2.11. The van der Waals surface area contributed by atoms with Gasteiger partial charge in [-0.2, -0.15) is 0 Å².